The third-order valence-corrected chi connectivity index (χ3v) is 5.33. The topological polar surface area (TPSA) is 58.2 Å². The van der Waals surface area contributed by atoms with Crippen molar-refractivity contribution >= 4 is 22.4 Å². The van der Waals surface area contributed by atoms with Crippen LogP contribution in [0.1, 0.15) is 22.3 Å². The SMILES string of the molecule is Cl.O=S(=O)(NCc1ccc2c(c1)CNC2)c1cc(C(F)(F)F)ccc1F. The van der Waals surface area contributed by atoms with Gasteiger partial charge >= 0.3 is 6.18 Å². The van der Waals surface area contributed by atoms with Gasteiger partial charge in [0.05, 0.1) is 5.56 Å². The molecule has 0 radical (unpaired) electrons. The predicted molar refractivity (Wildman–Crippen MR) is 89.7 cm³/mol. The van der Waals surface area contributed by atoms with Gasteiger partial charge in [-0.1, -0.05) is 18.2 Å². The van der Waals surface area contributed by atoms with E-state index in [4.69, 9.17) is 0 Å². The zero-order valence-electron chi connectivity index (χ0n) is 13.2. The first kappa shape index (κ1) is 20.6. The van der Waals surface area contributed by atoms with Gasteiger partial charge in [-0.05, 0) is 34.9 Å². The molecule has 2 N–H and O–H groups in total. The summed E-state index contributed by atoms with van der Waals surface area (Å²) in [5, 5.41) is 3.15. The number of rotatable bonds is 4. The summed E-state index contributed by atoms with van der Waals surface area (Å²) in [6.45, 7) is 1.25. The molecule has 3 rings (SSSR count). The zero-order chi connectivity index (χ0) is 18.2. The molecule has 1 heterocycles. The number of hydrogen-bond donors (Lipinski definition) is 2. The Kier molecular flexibility index (Phi) is 5.96. The molecule has 0 saturated heterocycles. The molecule has 142 valence electrons. The maximum atomic E-state index is 13.8. The summed E-state index contributed by atoms with van der Waals surface area (Å²) in [6.07, 6.45) is -4.76. The van der Waals surface area contributed by atoms with Gasteiger partial charge in [0.15, 0.2) is 0 Å². The third kappa shape index (κ3) is 4.35. The van der Waals surface area contributed by atoms with Crippen LogP contribution >= 0.6 is 12.4 Å². The molecule has 0 saturated carbocycles. The Balaban J connectivity index is 0.00000243. The fourth-order valence-electron chi connectivity index (χ4n) is 2.60. The molecule has 2 aromatic rings. The molecule has 1 aliphatic rings. The van der Waals surface area contributed by atoms with E-state index in [1.807, 2.05) is 6.07 Å². The molecule has 0 aromatic heterocycles. The Morgan fingerprint density at radius 2 is 1.73 bits per heavy atom. The summed E-state index contributed by atoms with van der Waals surface area (Å²) in [5.41, 5.74) is 1.55. The minimum Gasteiger partial charge on any atom is -0.309 e. The van der Waals surface area contributed by atoms with Crippen LogP contribution in [0.4, 0.5) is 17.6 Å². The standard InChI is InChI=1S/C16H14F4N2O2S.ClH/c17-14-4-3-13(16(18,19)20)6-15(14)25(23,24)22-7-10-1-2-11-8-21-9-12(11)5-10;/h1-6,21-22H,7-9H2;1H. The lowest BCUT2D eigenvalue weighted by molar-refractivity contribution is -0.137. The molecule has 4 nitrogen and oxygen atoms in total. The van der Waals surface area contributed by atoms with Crippen LogP contribution in [0, 0.1) is 5.82 Å². The lowest BCUT2D eigenvalue weighted by Gasteiger charge is -2.12. The molecule has 0 atom stereocenters. The molecule has 0 spiro atoms. The second-order valence-electron chi connectivity index (χ2n) is 5.67. The van der Waals surface area contributed by atoms with Crippen LogP contribution in [-0.2, 0) is 35.8 Å². The normalized spacial score (nSPS) is 14.0. The predicted octanol–water partition coefficient (Wildman–Crippen LogP) is 3.35. The average molecular weight is 411 g/mol. The number of sulfonamides is 1. The number of nitrogens with one attached hydrogen (secondary N) is 2. The van der Waals surface area contributed by atoms with Crippen LogP contribution < -0.4 is 10.0 Å². The fourth-order valence-corrected chi connectivity index (χ4v) is 3.72. The van der Waals surface area contributed by atoms with Crippen molar-refractivity contribution in [3.05, 3.63) is 64.5 Å². The van der Waals surface area contributed by atoms with E-state index in [9.17, 15) is 26.0 Å². The van der Waals surface area contributed by atoms with Crippen molar-refractivity contribution in [3.8, 4) is 0 Å². The monoisotopic (exact) mass is 410 g/mol. The summed E-state index contributed by atoms with van der Waals surface area (Å²) in [5.74, 6) is -1.24. The van der Waals surface area contributed by atoms with Crippen LogP contribution in [0.2, 0.25) is 0 Å². The van der Waals surface area contributed by atoms with Gasteiger partial charge in [0, 0.05) is 19.6 Å². The average Bonchev–Trinajstić information content (AvgIpc) is 2.99. The van der Waals surface area contributed by atoms with Crippen molar-refractivity contribution in [2.75, 3.05) is 0 Å². The lowest BCUT2D eigenvalue weighted by atomic mass is 10.1. The Bertz CT molecular complexity index is 917. The highest BCUT2D eigenvalue weighted by Crippen LogP contribution is 2.31. The van der Waals surface area contributed by atoms with Crippen molar-refractivity contribution < 1.29 is 26.0 Å². The molecule has 1 aliphatic heterocycles. The second kappa shape index (κ2) is 7.51. The molecular weight excluding hydrogens is 396 g/mol. The van der Waals surface area contributed by atoms with Crippen molar-refractivity contribution in [2.45, 2.75) is 30.7 Å². The lowest BCUT2D eigenvalue weighted by Crippen LogP contribution is -2.25. The second-order valence-corrected chi connectivity index (χ2v) is 7.41. The maximum absolute atomic E-state index is 13.8. The number of hydrogen-bond acceptors (Lipinski definition) is 3. The Morgan fingerprint density at radius 1 is 1.04 bits per heavy atom. The van der Waals surface area contributed by atoms with Gasteiger partial charge < -0.3 is 5.32 Å². The van der Waals surface area contributed by atoms with Crippen molar-refractivity contribution in [1.29, 1.82) is 0 Å². The fraction of sp³-hybridized carbons (Fsp3) is 0.250. The van der Waals surface area contributed by atoms with Crippen molar-refractivity contribution in [3.63, 3.8) is 0 Å². The van der Waals surface area contributed by atoms with E-state index < -0.39 is 32.5 Å². The van der Waals surface area contributed by atoms with E-state index in [1.54, 1.807) is 12.1 Å². The molecule has 0 aliphatic carbocycles. The Labute approximate surface area is 154 Å². The molecule has 0 amide bonds. The molecular formula is C16H15ClF4N2O2S. The van der Waals surface area contributed by atoms with Crippen LogP contribution in [0.15, 0.2) is 41.3 Å². The molecule has 0 bridgehead atoms. The van der Waals surface area contributed by atoms with Gasteiger partial charge in [0.1, 0.15) is 10.7 Å². The molecule has 0 fully saturated rings. The van der Waals surface area contributed by atoms with Crippen LogP contribution in [0.25, 0.3) is 0 Å². The van der Waals surface area contributed by atoms with E-state index in [-0.39, 0.29) is 19.0 Å². The molecule has 26 heavy (non-hydrogen) atoms. The van der Waals surface area contributed by atoms with Gasteiger partial charge in [-0.2, -0.15) is 13.2 Å². The molecule has 0 unspecified atom stereocenters. The van der Waals surface area contributed by atoms with Gasteiger partial charge in [-0.25, -0.2) is 17.5 Å². The largest absolute Gasteiger partial charge is 0.416 e. The van der Waals surface area contributed by atoms with Crippen LogP contribution in [0.3, 0.4) is 0 Å². The minimum absolute atomic E-state index is 0. The number of alkyl halides is 3. The highest BCUT2D eigenvalue weighted by molar-refractivity contribution is 7.89. The summed E-state index contributed by atoms with van der Waals surface area (Å²) in [7, 11) is -4.43. The first-order chi connectivity index (χ1) is 11.7. The van der Waals surface area contributed by atoms with Gasteiger partial charge in [0.25, 0.3) is 0 Å². The van der Waals surface area contributed by atoms with Crippen molar-refractivity contribution in [2.24, 2.45) is 0 Å². The maximum Gasteiger partial charge on any atom is 0.416 e. The van der Waals surface area contributed by atoms with Crippen LogP contribution in [-0.4, -0.2) is 8.42 Å². The van der Waals surface area contributed by atoms with Gasteiger partial charge in [-0.3, -0.25) is 0 Å². The van der Waals surface area contributed by atoms with E-state index in [1.165, 1.54) is 0 Å². The highest BCUT2D eigenvalue weighted by atomic mass is 35.5. The molecule has 10 heteroatoms. The number of fused-ring (bicyclic) bond motifs is 1. The minimum atomic E-state index is -4.76. The Morgan fingerprint density at radius 3 is 2.42 bits per heavy atom. The first-order valence-electron chi connectivity index (χ1n) is 7.34. The summed E-state index contributed by atoms with van der Waals surface area (Å²) in [4.78, 5) is -1.02. The van der Waals surface area contributed by atoms with Gasteiger partial charge in [-0.15, -0.1) is 12.4 Å². The third-order valence-electron chi connectivity index (χ3n) is 3.92. The van der Waals surface area contributed by atoms with E-state index in [0.29, 0.717) is 30.3 Å². The van der Waals surface area contributed by atoms with Gasteiger partial charge in [0.2, 0.25) is 10.0 Å². The van der Waals surface area contributed by atoms with Crippen LogP contribution in [0.5, 0.6) is 0 Å². The summed E-state index contributed by atoms with van der Waals surface area (Å²) < 4.78 is 78.5. The zero-order valence-corrected chi connectivity index (χ0v) is 14.9. The van der Waals surface area contributed by atoms with E-state index in [2.05, 4.69) is 10.0 Å². The quantitative estimate of drug-likeness (QED) is 0.760. The Hall–Kier alpha value is -1.68. The van der Waals surface area contributed by atoms with E-state index in [0.717, 1.165) is 17.7 Å². The first-order valence-corrected chi connectivity index (χ1v) is 8.83. The number of halogens is 5. The number of benzene rings is 2. The van der Waals surface area contributed by atoms with Crippen molar-refractivity contribution in [1.82, 2.24) is 10.0 Å². The highest BCUT2D eigenvalue weighted by Gasteiger charge is 2.33. The van der Waals surface area contributed by atoms with E-state index >= 15 is 0 Å². The molecule has 2 aromatic carbocycles. The summed E-state index contributed by atoms with van der Waals surface area (Å²) in [6, 6.07) is 6.67. The summed E-state index contributed by atoms with van der Waals surface area (Å²) >= 11 is 0. The smallest absolute Gasteiger partial charge is 0.309 e.